The third-order valence-electron chi connectivity index (χ3n) is 6.82. The van der Waals surface area contributed by atoms with Crippen LogP contribution in [-0.4, -0.2) is 53.5 Å². The molecule has 242 valence electrons. The number of phosphoric acid groups is 1. The van der Waals surface area contributed by atoms with Crippen molar-refractivity contribution in [3.63, 3.8) is 0 Å². The highest BCUT2D eigenvalue weighted by Gasteiger charge is 2.22. The molecule has 0 aromatic carbocycles. The summed E-state index contributed by atoms with van der Waals surface area (Å²) in [6.45, 7) is 3.63. The highest BCUT2D eigenvalue weighted by molar-refractivity contribution is 7.46. The predicted octanol–water partition coefficient (Wildman–Crippen LogP) is 6.90. The summed E-state index contributed by atoms with van der Waals surface area (Å²) in [4.78, 5) is 53.0. The molecule has 0 radical (unpaired) electrons. The number of nitrogens with one attached hydrogen (secondary N) is 1. The lowest BCUT2D eigenvalue weighted by Gasteiger charge is -2.18. The van der Waals surface area contributed by atoms with Gasteiger partial charge in [0.05, 0.1) is 6.61 Å². The van der Waals surface area contributed by atoms with Crippen molar-refractivity contribution in [3.05, 3.63) is 0 Å². The molecular weight excluding hydrogens is 549 g/mol. The van der Waals surface area contributed by atoms with Gasteiger partial charge in [-0.25, -0.2) is 4.57 Å². The molecule has 0 aliphatic rings. The van der Waals surface area contributed by atoms with Crippen molar-refractivity contribution < 1.29 is 42.7 Å². The molecule has 0 bridgehead atoms. The number of hydrogen-bond donors (Lipinski definition) is 3. The van der Waals surface area contributed by atoms with Gasteiger partial charge in [0.15, 0.2) is 6.10 Å². The molecule has 0 fully saturated rings. The molecule has 0 heterocycles. The largest absolute Gasteiger partial charge is 0.469 e. The van der Waals surface area contributed by atoms with Gasteiger partial charge in [-0.3, -0.25) is 18.9 Å². The Bertz CT molecular complexity index is 714. The number of esters is 2. The summed E-state index contributed by atoms with van der Waals surface area (Å²) in [5.74, 6) is -0.874. The van der Waals surface area contributed by atoms with Crippen molar-refractivity contribution in [1.82, 2.24) is 5.32 Å². The van der Waals surface area contributed by atoms with E-state index in [1.165, 1.54) is 57.8 Å². The first-order chi connectivity index (χ1) is 19.6. The van der Waals surface area contributed by atoms with Gasteiger partial charge in [0.1, 0.15) is 6.61 Å². The summed E-state index contributed by atoms with van der Waals surface area (Å²) in [6.07, 6.45) is 20.3. The maximum atomic E-state index is 12.1. The van der Waals surface area contributed by atoms with Gasteiger partial charge in [-0.1, -0.05) is 110 Å². The van der Waals surface area contributed by atoms with Gasteiger partial charge in [-0.15, -0.1) is 0 Å². The topological polar surface area (TPSA) is 148 Å². The summed E-state index contributed by atoms with van der Waals surface area (Å²) in [7, 11) is -4.74. The van der Waals surface area contributed by atoms with E-state index in [4.69, 9.17) is 19.3 Å². The summed E-state index contributed by atoms with van der Waals surface area (Å²) < 4.78 is 26.0. The van der Waals surface area contributed by atoms with Crippen LogP contribution in [0.5, 0.6) is 0 Å². The van der Waals surface area contributed by atoms with Gasteiger partial charge in [-0.2, -0.15) is 0 Å². The molecule has 0 aromatic rings. The van der Waals surface area contributed by atoms with Gasteiger partial charge >= 0.3 is 19.8 Å². The van der Waals surface area contributed by atoms with Crippen LogP contribution in [0.15, 0.2) is 0 Å². The molecule has 0 aliphatic carbocycles. The minimum absolute atomic E-state index is 0.0435. The molecule has 11 heteroatoms. The van der Waals surface area contributed by atoms with Crippen LogP contribution in [0.3, 0.4) is 0 Å². The van der Waals surface area contributed by atoms with Crippen LogP contribution in [0.1, 0.15) is 149 Å². The van der Waals surface area contributed by atoms with Crippen molar-refractivity contribution in [2.75, 3.05) is 19.8 Å². The van der Waals surface area contributed by atoms with Crippen LogP contribution in [0.4, 0.5) is 0 Å². The SMILES string of the molecule is CCCCCCCCC(=O)O[C@@H](COC(=O)CCCCCCCCCCCCCCCNC(C)=O)COP(=O)(O)O. The number of hydrogen-bond acceptors (Lipinski definition) is 7. The number of unbranched alkanes of at least 4 members (excludes halogenated alkanes) is 17. The second kappa shape index (κ2) is 27.4. The Morgan fingerprint density at radius 1 is 0.659 bits per heavy atom. The van der Waals surface area contributed by atoms with E-state index in [0.29, 0.717) is 12.8 Å². The number of carbonyl (C=O) groups excluding carboxylic acids is 3. The number of phosphoric ester groups is 1. The molecule has 1 atom stereocenters. The third kappa shape index (κ3) is 31.3. The molecule has 1 amide bonds. The van der Waals surface area contributed by atoms with Gasteiger partial charge in [0, 0.05) is 26.3 Å². The van der Waals surface area contributed by atoms with Gasteiger partial charge in [-0.05, 0) is 19.3 Å². The van der Waals surface area contributed by atoms with Crippen molar-refractivity contribution in [1.29, 1.82) is 0 Å². The number of carbonyl (C=O) groups is 3. The molecule has 0 aromatic heterocycles. The normalized spacial score (nSPS) is 12.2. The van der Waals surface area contributed by atoms with Gasteiger partial charge in [0.25, 0.3) is 0 Å². The molecule has 3 N–H and O–H groups in total. The molecule has 0 rings (SSSR count). The Kier molecular flexibility index (Phi) is 26.4. The molecule has 0 saturated carbocycles. The van der Waals surface area contributed by atoms with E-state index in [9.17, 15) is 18.9 Å². The van der Waals surface area contributed by atoms with E-state index in [-0.39, 0.29) is 25.4 Å². The predicted molar refractivity (Wildman–Crippen MR) is 160 cm³/mol. The number of rotatable bonds is 29. The zero-order chi connectivity index (χ0) is 30.6. The zero-order valence-corrected chi connectivity index (χ0v) is 26.6. The van der Waals surface area contributed by atoms with E-state index in [2.05, 4.69) is 16.8 Å². The van der Waals surface area contributed by atoms with E-state index in [0.717, 1.165) is 57.9 Å². The van der Waals surface area contributed by atoms with Crippen LogP contribution >= 0.6 is 7.82 Å². The lowest BCUT2D eigenvalue weighted by Crippen LogP contribution is -2.29. The first-order valence-electron chi connectivity index (χ1n) is 15.9. The second-order valence-corrected chi connectivity index (χ2v) is 12.2. The van der Waals surface area contributed by atoms with Crippen molar-refractivity contribution >= 4 is 25.7 Å². The van der Waals surface area contributed by atoms with Gasteiger partial charge < -0.3 is 24.6 Å². The average molecular weight is 608 g/mol. The molecule has 10 nitrogen and oxygen atoms in total. The lowest BCUT2D eigenvalue weighted by atomic mass is 10.0. The smallest absolute Gasteiger partial charge is 0.462 e. The fourth-order valence-corrected chi connectivity index (χ4v) is 4.81. The van der Waals surface area contributed by atoms with E-state index >= 15 is 0 Å². The Hall–Kier alpha value is -1.48. The fraction of sp³-hybridized carbons (Fsp3) is 0.900. The first-order valence-corrected chi connectivity index (χ1v) is 17.5. The Morgan fingerprint density at radius 2 is 1.10 bits per heavy atom. The molecule has 0 spiro atoms. The van der Waals surface area contributed by atoms with E-state index < -0.39 is 32.5 Å². The van der Waals surface area contributed by atoms with Crippen molar-refractivity contribution in [2.24, 2.45) is 0 Å². The monoisotopic (exact) mass is 607 g/mol. The first kappa shape index (κ1) is 39.5. The summed E-state index contributed by atoms with van der Waals surface area (Å²) in [5.41, 5.74) is 0. The van der Waals surface area contributed by atoms with Crippen LogP contribution in [0.25, 0.3) is 0 Å². The van der Waals surface area contributed by atoms with Crippen molar-refractivity contribution in [3.8, 4) is 0 Å². The van der Waals surface area contributed by atoms with E-state index in [1.54, 1.807) is 6.92 Å². The summed E-state index contributed by atoms with van der Waals surface area (Å²) >= 11 is 0. The standard InChI is InChI=1S/C30H58NO9P/c1-3-4-5-6-16-20-23-30(34)40-28(26-39-41(35,36)37)25-38-29(33)22-19-17-14-12-10-8-7-9-11-13-15-18-21-24-31-27(2)32/h28H,3-26H2,1-2H3,(H,31,32)(H2,35,36,37)/t28-/m0/s1. The lowest BCUT2D eigenvalue weighted by molar-refractivity contribution is -0.161. The minimum atomic E-state index is -4.74. The molecule has 0 aliphatic heterocycles. The molecule has 41 heavy (non-hydrogen) atoms. The zero-order valence-electron chi connectivity index (χ0n) is 25.7. The van der Waals surface area contributed by atoms with E-state index in [1.807, 2.05) is 0 Å². The molecule has 0 unspecified atom stereocenters. The quantitative estimate of drug-likeness (QED) is 0.0469. The highest BCUT2D eigenvalue weighted by atomic mass is 31.2. The average Bonchev–Trinajstić information content (AvgIpc) is 2.91. The Labute approximate surface area is 248 Å². The maximum absolute atomic E-state index is 12.1. The van der Waals surface area contributed by atoms with Crippen LogP contribution < -0.4 is 5.32 Å². The molecule has 0 saturated heterocycles. The minimum Gasteiger partial charge on any atom is -0.462 e. The highest BCUT2D eigenvalue weighted by Crippen LogP contribution is 2.35. The Morgan fingerprint density at radius 3 is 1.56 bits per heavy atom. The summed E-state index contributed by atoms with van der Waals surface area (Å²) in [6, 6.07) is 0. The van der Waals surface area contributed by atoms with Gasteiger partial charge in [0.2, 0.25) is 5.91 Å². The summed E-state index contributed by atoms with van der Waals surface area (Å²) in [5, 5.41) is 2.83. The maximum Gasteiger partial charge on any atom is 0.469 e. The number of ether oxygens (including phenoxy) is 2. The molecular formula is C30H58NO9P. The van der Waals surface area contributed by atoms with Crippen molar-refractivity contribution in [2.45, 2.75) is 155 Å². The van der Waals surface area contributed by atoms with Crippen LogP contribution in [0, 0.1) is 0 Å². The van der Waals surface area contributed by atoms with Crippen LogP contribution in [0.2, 0.25) is 0 Å². The van der Waals surface area contributed by atoms with Crippen LogP contribution in [-0.2, 0) is 32.9 Å². The number of amides is 1. The fourth-order valence-electron chi connectivity index (χ4n) is 4.45. The second-order valence-electron chi connectivity index (χ2n) is 10.9. The third-order valence-corrected chi connectivity index (χ3v) is 7.31. The Balaban J connectivity index is 3.85.